The quantitative estimate of drug-likeness (QED) is 0.344. The van der Waals surface area contributed by atoms with Gasteiger partial charge in [-0.25, -0.2) is 9.78 Å². The number of urea groups is 1. The van der Waals surface area contributed by atoms with Gasteiger partial charge in [-0.3, -0.25) is 14.6 Å². The SMILES string of the molecule is Cn1cc2c(nc(NC(=O)Nc3ccc(S(=O)(=O)O)cc3)n3nc(-c4ccco4)nc23)n1. The second-order valence-corrected chi connectivity index (χ2v) is 8.12. The van der Waals surface area contributed by atoms with Crippen molar-refractivity contribution < 1.29 is 22.2 Å². The minimum absolute atomic E-state index is 0.0589. The van der Waals surface area contributed by atoms with Crippen LogP contribution in [0.25, 0.3) is 28.3 Å². The van der Waals surface area contributed by atoms with E-state index in [9.17, 15) is 13.2 Å². The number of furan rings is 1. The molecule has 0 unspecified atom stereocenters. The molecule has 14 heteroatoms. The molecule has 2 amide bonds. The van der Waals surface area contributed by atoms with Crippen LogP contribution in [-0.4, -0.2) is 48.4 Å². The number of amides is 2. The van der Waals surface area contributed by atoms with Crippen molar-refractivity contribution in [3.63, 3.8) is 0 Å². The van der Waals surface area contributed by atoms with Gasteiger partial charge in [0.05, 0.1) is 16.5 Å². The minimum Gasteiger partial charge on any atom is -0.461 e. The molecule has 5 rings (SSSR count). The number of rotatable bonds is 4. The van der Waals surface area contributed by atoms with E-state index < -0.39 is 16.1 Å². The van der Waals surface area contributed by atoms with Crippen LogP contribution in [0, 0.1) is 0 Å². The highest BCUT2D eigenvalue weighted by molar-refractivity contribution is 7.85. The molecule has 0 bridgehead atoms. The van der Waals surface area contributed by atoms with E-state index >= 15 is 0 Å². The van der Waals surface area contributed by atoms with Crippen molar-refractivity contribution in [3.8, 4) is 11.6 Å². The van der Waals surface area contributed by atoms with Crippen molar-refractivity contribution in [2.45, 2.75) is 4.90 Å². The maximum Gasteiger partial charge on any atom is 0.326 e. The number of carbonyl (C=O) groups is 1. The number of fused-ring (bicyclic) bond motifs is 3. The second kappa shape index (κ2) is 7.14. The topological polar surface area (TPSA) is 170 Å². The monoisotopic (exact) mass is 454 g/mol. The molecule has 5 aromatic rings. The predicted molar refractivity (Wildman–Crippen MR) is 112 cm³/mol. The van der Waals surface area contributed by atoms with Gasteiger partial charge in [0.25, 0.3) is 10.1 Å². The van der Waals surface area contributed by atoms with Crippen LogP contribution in [0.2, 0.25) is 0 Å². The molecular weight excluding hydrogens is 440 g/mol. The Hall–Kier alpha value is -4.30. The summed E-state index contributed by atoms with van der Waals surface area (Å²) in [6.07, 6.45) is 3.23. The fourth-order valence-corrected chi connectivity index (χ4v) is 3.54. The Morgan fingerprint density at radius 3 is 2.56 bits per heavy atom. The van der Waals surface area contributed by atoms with E-state index in [1.165, 1.54) is 22.9 Å². The Morgan fingerprint density at radius 2 is 1.88 bits per heavy atom. The van der Waals surface area contributed by atoms with E-state index in [1.54, 1.807) is 30.1 Å². The third-order valence-electron chi connectivity index (χ3n) is 4.45. The Morgan fingerprint density at radius 1 is 1.09 bits per heavy atom. The number of nitrogens with zero attached hydrogens (tertiary/aromatic N) is 6. The number of benzene rings is 1. The summed E-state index contributed by atoms with van der Waals surface area (Å²) in [5.41, 5.74) is 1.06. The number of aromatic nitrogens is 6. The molecule has 0 fully saturated rings. The van der Waals surface area contributed by atoms with E-state index in [1.807, 2.05) is 0 Å². The third-order valence-corrected chi connectivity index (χ3v) is 5.31. The second-order valence-electron chi connectivity index (χ2n) is 6.70. The van der Waals surface area contributed by atoms with Gasteiger partial charge in [-0.1, -0.05) is 0 Å². The smallest absolute Gasteiger partial charge is 0.326 e. The first-order chi connectivity index (χ1) is 15.3. The van der Waals surface area contributed by atoms with Gasteiger partial charge in [-0.15, -0.1) is 5.10 Å². The van der Waals surface area contributed by atoms with Gasteiger partial charge < -0.3 is 9.73 Å². The minimum atomic E-state index is -4.33. The van der Waals surface area contributed by atoms with Crippen LogP contribution >= 0.6 is 0 Å². The Labute approximate surface area is 179 Å². The van der Waals surface area contributed by atoms with Crippen LogP contribution in [0.1, 0.15) is 0 Å². The largest absolute Gasteiger partial charge is 0.461 e. The number of hydrogen-bond donors (Lipinski definition) is 3. The molecule has 0 aliphatic carbocycles. The lowest BCUT2D eigenvalue weighted by molar-refractivity contribution is 0.262. The van der Waals surface area contributed by atoms with E-state index in [0.717, 1.165) is 12.1 Å². The molecule has 0 spiro atoms. The van der Waals surface area contributed by atoms with Crippen LogP contribution < -0.4 is 10.6 Å². The van der Waals surface area contributed by atoms with Crippen molar-refractivity contribution in [1.29, 1.82) is 0 Å². The van der Waals surface area contributed by atoms with Crippen LogP contribution in [0.15, 0.2) is 58.2 Å². The van der Waals surface area contributed by atoms with Crippen LogP contribution in [0.5, 0.6) is 0 Å². The lowest BCUT2D eigenvalue weighted by Crippen LogP contribution is -2.22. The Kier molecular flexibility index (Phi) is 4.38. The lowest BCUT2D eigenvalue weighted by Gasteiger charge is -2.08. The Balaban J connectivity index is 1.49. The maximum absolute atomic E-state index is 12.5. The van der Waals surface area contributed by atoms with Crippen LogP contribution in [0.4, 0.5) is 16.4 Å². The van der Waals surface area contributed by atoms with Crippen molar-refractivity contribution in [2.75, 3.05) is 10.6 Å². The zero-order valence-electron chi connectivity index (χ0n) is 16.3. The number of nitrogens with one attached hydrogen (secondary N) is 2. The highest BCUT2D eigenvalue weighted by atomic mass is 32.2. The van der Waals surface area contributed by atoms with Crippen LogP contribution in [0.3, 0.4) is 0 Å². The van der Waals surface area contributed by atoms with E-state index in [0.29, 0.717) is 34.0 Å². The highest BCUT2D eigenvalue weighted by Crippen LogP contribution is 2.24. The standard InChI is InChI=1S/C18H14N8O5S/c1-25-9-12-14(23-25)21-17(26-16(12)20-15(24-26)13-3-2-8-31-13)22-18(27)19-10-4-6-11(7-5-10)32(28,29)30/h2-9H,1H3,(H,28,29,30)(H2,19,21,22,23,27). The molecular formula is C18H14N8O5S. The molecule has 162 valence electrons. The molecule has 0 saturated carbocycles. The van der Waals surface area contributed by atoms with Crippen LogP contribution in [-0.2, 0) is 17.2 Å². The van der Waals surface area contributed by atoms with Crippen molar-refractivity contribution in [2.24, 2.45) is 7.05 Å². The average molecular weight is 454 g/mol. The summed E-state index contributed by atoms with van der Waals surface area (Å²) >= 11 is 0. The molecule has 1 aromatic carbocycles. The fraction of sp³-hybridized carbons (Fsp3) is 0.0556. The molecule has 0 aliphatic rings. The summed E-state index contributed by atoms with van der Waals surface area (Å²) in [6, 6.07) is 7.74. The number of anilines is 2. The zero-order chi connectivity index (χ0) is 22.5. The van der Waals surface area contributed by atoms with Gasteiger partial charge in [0.15, 0.2) is 17.1 Å². The summed E-state index contributed by atoms with van der Waals surface area (Å²) in [5.74, 6) is 0.807. The first-order valence-electron chi connectivity index (χ1n) is 9.07. The summed E-state index contributed by atoms with van der Waals surface area (Å²) in [6.45, 7) is 0. The molecule has 4 aromatic heterocycles. The number of carbonyl (C=O) groups excluding carboxylic acids is 1. The van der Waals surface area contributed by atoms with Crippen molar-refractivity contribution in [3.05, 3.63) is 48.9 Å². The van der Waals surface area contributed by atoms with Gasteiger partial charge in [0.1, 0.15) is 0 Å². The van der Waals surface area contributed by atoms with Gasteiger partial charge in [0, 0.05) is 18.9 Å². The van der Waals surface area contributed by atoms with Gasteiger partial charge in [0.2, 0.25) is 11.8 Å². The van der Waals surface area contributed by atoms with Gasteiger partial charge in [-0.05, 0) is 36.4 Å². The molecule has 13 nitrogen and oxygen atoms in total. The van der Waals surface area contributed by atoms with Crippen molar-refractivity contribution >= 4 is 44.5 Å². The molecule has 0 radical (unpaired) electrons. The van der Waals surface area contributed by atoms with E-state index in [-0.39, 0.29) is 10.8 Å². The number of hydrogen-bond acceptors (Lipinski definition) is 8. The molecule has 0 aliphatic heterocycles. The molecule has 32 heavy (non-hydrogen) atoms. The fourth-order valence-electron chi connectivity index (χ4n) is 3.06. The first-order valence-corrected chi connectivity index (χ1v) is 10.5. The maximum atomic E-state index is 12.5. The summed E-state index contributed by atoms with van der Waals surface area (Å²) < 4.78 is 39.6. The zero-order valence-corrected chi connectivity index (χ0v) is 17.1. The average Bonchev–Trinajstić information content (AvgIpc) is 3.46. The highest BCUT2D eigenvalue weighted by Gasteiger charge is 2.19. The Bertz CT molecular complexity index is 1570. The van der Waals surface area contributed by atoms with Gasteiger partial charge >= 0.3 is 6.03 Å². The van der Waals surface area contributed by atoms with E-state index in [2.05, 4.69) is 30.8 Å². The molecule has 3 N–H and O–H groups in total. The van der Waals surface area contributed by atoms with Crippen molar-refractivity contribution in [1.82, 2.24) is 29.4 Å². The predicted octanol–water partition coefficient (Wildman–Crippen LogP) is 2.16. The summed E-state index contributed by atoms with van der Waals surface area (Å²) in [4.78, 5) is 21.1. The lowest BCUT2D eigenvalue weighted by atomic mass is 10.3. The third kappa shape index (κ3) is 3.52. The normalized spacial score (nSPS) is 11.8. The molecule has 4 heterocycles. The first kappa shape index (κ1) is 19.7. The molecule has 0 atom stereocenters. The molecule has 0 saturated heterocycles. The van der Waals surface area contributed by atoms with Gasteiger partial charge in [-0.2, -0.15) is 23.0 Å². The number of aryl methyl sites for hydroxylation is 1. The summed E-state index contributed by atoms with van der Waals surface area (Å²) in [5, 5.41) is 14.4. The summed E-state index contributed by atoms with van der Waals surface area (Å²) in [7, 11) is -2.60. The van der Waals surface area contributed by atoms with E-state index in [4.69, 9.17) is 8.97 Å².